The molecule has 0 aliphatic rings. The number of aromatic nitrogens is 1. The maximum Gasteiger partial charge on any atom is 0.132 e. The van der Waals surface area contributed by atoms with Crippen molar-refractivity contribution >= 4 is 5.82 Å². The number of aromatic hydroxyl groups is 1. The number of rotatable bonds is 6. The van der Waals surface area contributed by atoms with Gasteiger partial charge in [-0.05, 0) is 67.8 Å². The topological polar surface area (TPSA) is 85.6 Å². The number of hydrogen-bond donors (Lipinski definition) is 4. The van der Waals surface area contributed by atoms with Gasteiger partial charge in [-0.1, -0.05) is 18.7 Å². The van der Waals surface area contributed by atoms with Crippen LogP contribution in [-0.2, 0) is 0 Å². The Morgan fingerprint density at radius 2 is 1.93 bits per heavy atom. The number of aliphatic hydroxyl groups excluding tert-OH is 2. The fourth-order valence-electron chi connectivity index (χ4n) is 2.60. The molecule has 2 rings (SSSR count). The van der Waals surface area contributed by atoms with Crippen LogP contribution in [0.2, 0.25) is 0 Å². The van der Waals surface area contributed by atoms with Crippen molar-refractivity contribution in [2.45, 2.75) is 20.8 Å². The fourth-order valence-corrected chi connectivity index (χ4v) is 2.60. The second kappa shape index (κ2) is 8.76. The SMILES string of the molecule is C=C/C(O)=C(C(/C)=C/Nc1ncc(-c2cccc(O)c2)cc1C)\C(O)=C/C. The van der Waals surface area contributed by atoms with Gasteiger partial charge in [-0.25, -0.2) is 4.98 Å². The van der Waals surface area contributed by atoms with Gasteiger partial charge in [-0.3, -0.25) is 0 Å². The summed E-state index contributed by atoms with van der Waals surface area (Å²) in [4.78, 5) is 4.43. The van der Waals surface area contributed by atoms with E-state index in [1.807, 2.05) is 19.1 Å². The second-order valence-electron chi connectivity index (χ2n) is 6.05. The molecule has 5 nitrogen and oxygen atoms in total. The molecular formula is C22H24N2O3. The Kier molecular flexibility index (Phi) is 6.44. The zero-order valence-corrected chi connectivity index (χ0v) is 15.7. The summed E-state index contributed by atoms with van der Waals surface area (Å²) in [6.07, 6.45) is 6.16. The zero-order chi connectivity index (χ0) is 20.0. The molecule has 1 heterocycles. The number of nitrogens with one attached hydrogen (secondary N) is 1. The number of hydrogen-bond acceptors (Lipinski definition) is 5. The van der Waals surface area contributed by atoms with E-state index in [4.69, 9.17) is 0 Å². The van der Waals surface area contributed by atoms with Gasteiger partial charge in [0.1, 0.15) is 23.1 Å². The van der Waals surface area contributed by atoms with Gasteiger partial charge in [0.05, 0.1) is 5.57 Å². The van der Waals surface area contributed by atoms with Gasteiger partial charge in [0.25, 0.3) is 0 Å². The zero-order valence-electron chi connectivity index (χ0n) is 15.7. The Morgan fingerprint density at radius 1 is 1.19 bits per heavy atom. The second-order valence-corrected chi connectivity index (χ2v) is 6.05. The highest BCUT2D eigenvalue weighted by Crippen LogP contribution is 2.26. The molecule has 0 saturated carbocycles. The van der Waals surface area contributed by atoms with Gasteiger partial charge in [0, 0.05) is 18.0 Å². The number of pyridine rings is 1. The van der Waals surface area contributed by atoms with E-state index in [0.717, 1.165) is 16.7 Å². The number of benzene rings is 1. The average Bonchev–Trinajstić information content (AvgIpc) is 2.66. The normalized spacial score (nSPS) is 13.1. The van der Waals surface area contributed by atoms with E-state index < -0.39 is 0 Å². The van der Waals surface area contributed by atoms with Crippen LogP contribution in [0.3, 0.4) is 0 Å². The summed E-state index contributed by atoms with van der Waals surface area (Å²) in [5, 5.41) is 32.7. The summed E-state index contributed by atoms with van der Waals surface area (Å²) < 4.78 is 0. The minimum atomic E-state index is -0.106. The summed E-state index contributed by atoms with van der Waals surface area (Å²) in [6, 6.07) is 8.96. The Balaban J connectivity index is 2.30. The predicted molar refractivity (Wildman–Crippen MR) is 110 cm³/mol. The smallest absolute Gasteiger partial charge is 0.132 e. The number of aryl methyl sites for hydroxylation is 1. The highest BCUT2D eigenvalue weighted by atomic mass is 16.3. The Bertz CT molecular complexity index is 940. The van der Waals surface area contributed by atoms with Crippen LogP contribution in [0.4, 0.5) is 5.82 Å². The molecule has 140 valence electrons. The third-order valence-corrected chi connectivity index (χ3v) is 4.06. The molecule has 0 unspecified atom stereocenters. The van der Waals surface area contributed by atoms with Crippen LogP contribution in [0.15, 0.2) is 84.1 Å². The molecule has 0 aliphatic heterocycles. The monoisotopic (exact) mass is 364 g/mol. The molecule has 0 aliphatic carbocycles. The summed E-state index contributed by atoms with van der Waals surface area (Å²) in [6.45, 7) is 8.90. The van der Waals surface area contributed by atoms with Crippen LogP contribution in [0.25, 0.3) is 11.1 Å². The van der Waals surface area contributed by atoms with Crippen molar-refractivity contribution in [3.05, 3.63) is 89.7 Å². The maximum atomic E-state index is 10.0. The first-order valence-electron chi connectivity index (χ1n) is 8.48. The number of anilines is 1. The Labute approximate surface area is 159 Å². The molecule has 27 heavy (non-hydrogen) atoms. The molecule has 2 aromatic rings. The number of allylic oxidation sites excluding steroid dienone is 3. The molecule has 4 N–H and O–H groups in total. The lowest BCUT2D eigenvalue weighted by atomic mass is 10.0. The van der Waals surface area contributed by atoms with Gasteiger partial charge < -0.3 is 20.6 Å². The van der Waals surface area contributed by atoms with Crippen molar-refractivity contribution in [2.24, 2.45) is 0 Å². The van der Waals surface area contributed by atoms with E-state index in [9.17, 15) is 15.3 Å². The lowest BCUT2D eigenvalue weighted by molar-refractivity contribution is 0.394. The summed E-state index contributed by atoms with van der Waals surface area (Å²) in [5.74, 6) is 0.712. The first kappa shape index (κ1) is 19.8. The lowest BCUT2D eigenvalue weighted by Crippen LogP contribution is -2.01. The first-order valence-corrected chi connectivity index (χ1v) is 8.48. The van der Waals surface area contributed by atoms with Gasteiger partial charge in [0.2, 0.25) is 0 Å². The van der Waals surface area contributed by atoms with Gasteiger partial charge in [-0.15, -0.1) is 0 Å². The summed E-state index contributed by atoms with van der Waals surface area (Å²) >= 11 is 0. The van der Waals surface area contributed by atoms with E-state index in [-0.39, 0.29) is 17.3 Å². The van der Waals surface area contributed by atoms with Crippen LogP contribution < -0.4 is 5.32 Å². The van der Waals surface area contributed by atoms with Crippen LogP contribution in [0.5, 0.6) is 5.75 Å². The fraction of sp³-hybridized carbons (Fsp3) is 0.136. The molecule has 0 spiro atoms. The van der Waals surface area contributed by atoms with Crippen LogP contribution in [0.1, 0.15) is 19.4 Å². The minimum absolute atomic E-state index is 0.0353. The van der Waals surface area contributed by atoms with E-state index in [2.05, 4.69) is 16.9 Å². The van der Waals surface area contributed by atoms with Crippen molar-refractivity contribution in [2.75, 3.05) is 5.32 Å². The quantitative estimate of drug-likeness (QED) is 0.399. The number of nitrogens with zero attached hydrogens (tertiary/aromatic N) is 1. The van der Waals surface area contributed by atoms with Crippen LogP contribution in [-0.4, -0.2) is 20.3 Å². The predicted octanol–water partition coefficient (Wildman–Crippen LogP) is 5.54. The largest absolute Gasteiger partial charge is 0.508 e. The van der Waals surface area contributed by atoms with Crippen LogP contribution >= 0.6 is 0 Å². The molecule has 1 aromatic carbocycles. The standard InChI is InChI=1S/C22H24N2O3/c1-5-19(26)21(20(27)6-2)15(4)12-23-22-14(3)10-17(13-24-22)16-8-7-9-18(25)11-16/h5-13,25-27H,1H2,2-4H3,(H,23,24)/b15-12+,20-6+,21-19+. The third-order valence-electron chi connectivity index (χ3n) is 4.06. The molecule has 5 heteroatoms. The number of phenolic OH excluding ortho intramolecular Hbond substituents is 1. The van der Waals surface area contributed by atoms with Crippen molar-refractivity contribution in [1.82, 2.24) is 4.98 Å². The molecular weight excluding hydrogens is 340 g/mol. The van der Waals surface area contributed by atoms with Crippen molar-refractivity contribution in [1.29, 1.82) is 0 Å². The molecule has 0 radical (unpaired) electrons. The molecule has 0 saturated heterocycles. The summed E-state index contributed by atoms with van der Waals surface area (Å²) in [5.41, 5.74) is 3.61. The van der Waals surface area contributed by atoms with E-state index >= 15 is 0 Å². The van der Waals surface area contributed by atoms with Gasteiger partial charge >= 0.3 is 0 Å². The molecule has 0 bridgehead atoms. The number of phenols is 1. The highest BCUT2D eigenvalue weighted by Gasteiger charge is 2.11. The molecule has 0 fully saturated rings. The minimum Gasteiger partial charge on any atom is -0.508 e. The van der Waals surface area contributed by atoms with Crippen molar-refractivity contribution < 1.29 is 15.3 Å². The first-order chi connectivity index (χ1) is 12.9. The van der Waals surface area contributed by atoms with E-state index in [1.54, 1.807) is 44.4 Å². The van der Waals surface area contributed by atoms with E-state index in [1.165, 1.54) is 12.2 Å². The Hall–Kier alpha value is -3.47. The molecule has 1 aromatic heterocycles. The van der Waals surface area contributed by atoms with Gasteiger partial charge in [0.15, 0.2) is 0 Å². The average molecular weight is 364 g/mol. The van der Waals surface area contributed by atoms with Crippen molar-refractivity contribution in [3.63, 3.8) is 0 Å². The molecule has 0 amide bonds. The highest BCUT2D eigenvalue weighted by molar-refractivity contribution is 5.67. The summed E-state index contributed by atoms with van der Waals surface area (Å²) in [7, 11) is 0. The van der Waals surface area contributed by atoms with Crippen LogP contribution in [0, 0.1) is 6.92 Å². The number of aliphatic hydroxyl groups is 2. The Morgan fingerprint density at radius 3 is 2.52 bits per heavy atom. The van der Waals surface area contributed by atoms with Crippen molar-refractivity contribution in [3.8, 4) is 16.9 Å². The molecule has 0 atom stereocenters. The third kappa shape index (κ3) is 4.79. The lowest BCUT2D eigenvalue weighted by Gasteiger charge is -2.11. The van der Waals surface area contributed by atoms with Gasteiger partial charge in [-0.2, -0.15) is 0 Å². The van der Waals surface area contributed by atoms with E-state index in [0.29, 0.717) is 17.0 Å². The maximum absolute atomic E-state index is 10.0.